The minimum atomic E-state index is 0.575. The van der Waals surface area contributed by atoms with Crippen LogP contribution < -0.4 is 14.8 Å². The van der Waals surface area contributed by atoms with Gasteiger partial charge in [-0.05, 0) is 55.3 Å². The van der Waals surface area contributed by atoms with Crippen molar-refractivity contribution in [2.75, 3.05) is 38.3 Å². The van der Waals surface area contributed by atoms with E-state index in [1.807, 2.05) is 43.3 Å². The maximum Gasteiger partial charge on any atom is 0.119 e. The van der Waals surface area contributed by atoms with E-state index in [0.717, 1.165) is 36.8 Å². The Labute approximate surface area is 144 Å². The number of hydrogen-bond acceptors (Lipinski definition) is 4. The second-order valence-electron chi connectivity index (χ2n) is 5.34. The van der Waals surface area contributed by atoms with E-state index in [1.54, 1.807) is 0 Å². The van der Waals surface area contributed by atoms with Gasteiger partial charge in [0.1, 0.15) is 24.7 Å². The molecule has 2 aromatic rings. The molecule has 24 heavy (non-hydrogen) atoms. The molecule has 0 aliphatic carbocycles. The van der Waals surface area contributed by atoms with Gasteiger partial charge >= 0.3 is 0 Å². The lowest BCUT2D eigenvalue weighted by Crippen LogP contribution is -2.11. The molecule has 0 spiro atoms. The fraction of sp³-hybridized carbons (Fsp3) is 0.400. The number of hydrogen-bond donors (Lipinski definition) is 1. The quantitative estimate of drug-likeness (QED) is 0.629. The standard InChI is InChI=1S/C20H27NO3/c1-3-17-5-9-19(10-6-17)23-14-13-21-18-7-11-20(12-8-18)24-16-15-22-4-2/h5-12,21H,3-4,13-16H2,1-2H3. The Morgan fingerprint density at radius 1 is 0.750 bits per heavy atom. The summed E-state index contributed by atoms with van der Waals surface area (Å²) in [6.07, 6.45) is 1.05. The first kappa shape index (κ1) is 18.1. The van der Waals surface area contributed by atoms with E-state index in [0.29, 0.717) is 19.8 Å². The molecule has 0 bridgehead atoms. The Bertz CT molecular complexity index is 566. The number of anilines is 1. The largest absolute Gasteiger partial charge is 0.492 e. The molecule has 0 aliphatic heterocycles. The van der Waals surface area contributed by atoms with Crippen LogP contribution in [-0.2, 0) is 11.2 Å². The third kappa shape index (κ3) is 6.50. The second-order valence-corrected chi connectivity index (χ2v) is 5.34. The molecule has 0 atom stereocenters. The molecule has 0 amide bonds. The highest BCUT2D eigenvalue weighted by atomic mass is 16.5. The molecular weight excluding hydrogens is 302 g/mol. The van der Waals surface area contributed by atoms with Gasteiger partial charge in [-0.3, -0.25) is 0 Å². The lowest BCUT2D eigenvalue weighted by molar-refractivity contribution is 0.110. The maximum absolute atomic E-state index is 5.73. The van der Waals surface area contributed by atoms with E-state index in [4.69, 9.17) is 14.2 Å². The van der Waals surface area contributed by atoms with Crippen molar-refractivity contribution in [3.8, 4) is 11.5 Å². The minimum Gasteiger partial charge on any atom is -0.492 e. The molecule has 2 rings (SSSR count). The van der Waals surface area contributed by atoms with Crippen LogP contribution in [-0.4, -0.2) is 33.0 Å². The van der Waals surface area contributed by atoms with Gasteiger partial charge in [0.25, 0.3) is 0 Å². The molecule has 0 aromatic heterocycles. The SMILES string of the molecule is CCOCCOc1ccc(NCCOc2ccc(CC)cc2)cc1. The van der Waals surface area contributed by atoms with Gasteiger partial charge in [0.2, 0.25) is 0 Å². The number of aryl methyl sites for hydroxylation is 1. The highest BCUT2D eigenvalue weighted by molar-refractivity contribution is 5.46. The van der Waals surface area contributed by atoms with E-state index in [2.05, 4.69) is 24.4 Å². The van der Waals surface area contributed by atoms with E-state index >= 15 is 0 Å². The highest BCUT2D eigenvalue weighted by Crippen LogP contribution is 2.16. The molecule has 4 nitrogen and oxygen atoms in total. The summed E-state index contributed by atoms with van der Waals surface area (Å²) < 4.78 is 16.6. The number of rotatable bonds is 11. The van der Waals surface area contributed by atoms with E-state index in [1.165, 1.54) is 5.56 Å². The molecule has 0 saturated heterocycles. The first-order valence-electron chi connectivity index (χ1n) is 8.58. The third-order valence-electron chi connectivity index (χ3n) is 3.59. The molecule has 1 N–H and O–H groups in total. The molecule has 0 radical (unpaired) electrons. The van der Waals surface area contributed by atoms with Crippen molar-refractivity contribution in [1.82, 2.24) is 0 Å². The fourth-order valence-electron chi connectivity index (χ4n) is 2.22. The summed E-state index contributed by atoms with van der Waals surface area (Å²) in [6.45, 7) is 7.41. The average molecular weight is 329 g/mol. The van der Waals surface area contributed by atoms with Gasteiger partial charge in [-0.15, -0.1) is 0 Å². The van der Waals surface area contributed by atoms with Gasteiger partial charge in [0, 0.05) is 18.8 Å². The van der Waals surface area contributed by atoms with Crippen LogP contribution in [0.1, 0.15) is 19.4 Å². The van der Waals surface area contributed by atoms with E-state index < -0.39 is 0 Å². The smallest absolute Gasteiger partial charge is 0.119 e. The van der Waals surface area contributed by atoms with Crippen molar-refractivity contribution >= 4 is 5.69 Å². The molecule has 130 valence electrons. The molecule has 4 heteroatoms. The zero-order valence-corrected chi connectivity index (χ0v) is 14.6. The monoisotopic (exact) mass is 329 g/mol. The van der Waals surface area contributed by atoms with Crippen molar-refractivity contribution in [3.05, 3.63) is 54.1 Å². The highest BCUT2D eigenvalue weighted by Gasteiger charge is 1.97. The zero-order valence-electron chi connectivity index (χ0n) is 14.6. The van der Waals surface area contributed by atoms with Gasteiger partial charge in [-0.25, -0.2) is 0 Å². The van der Waals surface area contributed by atoms with Gasteiger partial charge < -0.3 is 19.5 Å². The van der Waals surface area contributed by atoms with E-state index in [9.17, 15) is 0 Å². The average Bonchev–Trinajstić information content (AvgIpc) is 2.64. The van der Waals surface area contributed by atoms with Crippen molar-refractivity contribution < 1.29 is 14.2 Å². The summed E-state index contributed by atoms with van der Waals surface area (Å²) in [7, 11) is 0. The molecule has 0 aliphatic rings. The maximum atomic E-state index is 5.73. The van der Waals surface area contributed by atoms with Crippen LogP contribution in [0.25, 0.3) is 0 Å². The summed E-state index contributed by atoms with van der Waals surface area (Å²) in [5.41, 5.74) is 2.38. The summed E-state index contributed by atoms with van der Waals surface area (Å²) >= 11 is 0. The molecule has 0 saturated carbocycles. The Balaban J connectivity index is 1.64. The Hall–Kier alpha value is -2.20. The van der Waals surface area contributed by atoms with Gasteiger partial charge in [-0.1, -0.05) is 19.1 Å². The number of ether oxygens (including phenoxy) is 3. The summed E-state index contributed by atoms with van der Waals surface area (Å²) in [4.78, 5) is 0. The first-order chi connectivity index (χ1) is 11.8. The van der Waals surface area contributed by atoms with Crippen molar-refractivity contribution in [3.63, 3.8) is 0 Å². The summed E-state index contributed by atoms with van der Waals surface area (Å²) in [5.74, 6) is 1.76. The predicted molar refractivity (Wildman–Crippen MR) is 98.2 cm³/mol. The van der Waals surface area contributed by atoms with Crippen molar-refractivity contribution in [2.24, 2.45) is 0 Å². The van der Waals surface area contributed by atoms with Crippen LogP contribution in [0.5, 0.6) is 11.5 Å². The molecular formula is C20H27NO3. The lowest BCUT2D eigenvalue weighted by Gasteiger charge is -2.10. The van der Waals surface area contributed by atoms with Gasteiger partial charge in [0.05, 0.1) is 6.61 Å². The Morgan fingerprint density at radius 2 is 1.38 bits per heavy atom. The molecule has 0 heterocycles. The van der Waals surface area contributed by atoms with E-state index in [-0.39, 0.29) is 0 Å². The lowest BCUT2D eigenvalue weighted by atomic mass is 10.2. The zero-order chi connectivity index (χ0) is 17.0. The van der Waals surface area contributed by atoms with Crippen molar-refractivity contribution in [1.29, 1.82) is 0 Å². The number of benzene rings is 2. The van der Waals surface area contributed by atoms with Crippen LogP contribution >= 0.6 is 0 Å². The minimum absolute atomic E-state index is 0.575. The van der Waals surface area contributed by atoms with Gasteiger partial charge in [-0.2, -0.15) is 0 Å². The predicted octanol–water partition coefficient (Wildman–Crippen LogP) is 4.16. The van der Waals surface area contributed by atoms with Crippen LogP contribution in [0, 0.1) is 0 Å². The molecule has 0 fully saturated rings. The van der Waals surface area contributed by atoms with Crippen LogP contribution in [0.4, 0.5) is 5.69 Å². The second kappa shape index (κ2) is 10.6. The third-order valence-corrected chi connectivity index (χ3v) is 3.59. The van der Waals surface area contributed by atoms with Crippen molar-refractivity contribution in [2.45, 2.75) is 20.3 Å². The topological polar surface area (TPSA) is 39.7 Å². The normalized spacial score (nSPS) is 10.4. The van der Waals surface area contributed by atoms with Crippen LogP contribution in [0.3, 0.4) is 0 Å². The van der Waals surface area contributed by atoms with Crippen LogP contribution in [0.2, 0.25) is 0 Å². The number of nitrogens with one attached hydrogen (secondary N) is 1. The molecule has 2 aromatic carbocycles. The Morgan fingerprint density at radius 3 is 2.00 bits per heavy atom. The fourth-order valence-corrected chi connectivity index (χ4v) is 2.22. The molecule has 0 unspecified atom stereocenters. The summed E-state index contributed by atoms with van der Waals surface area (Å²) in [5, 5.41) is 3.34. The van der Waals surface area contributed by atoms with Gasteiger partial charge in [0.15, 0.2) is 0 Å². The first-order valence-corrected chi connectivity index (χ1v) is 8.58. The van der Waals surface area contributed by atoms with Crippen LogP contribution in [0.15, 0.2) is 48.5 Å². The summed E-state index contributed by atoms with van der Waals surface area (Å²) in [6, 6.07) is 16.2. The Kier molecular flexibility index (Phi) is 7.98.